The first-order valence-corrected chi connectivity index (χ1v) is 8.89. The van der Waals surface area contributed by atoms with Crippen molar-refractivity contribution in [3.63, 3.8) is 0 Å². The highest BCUT2D eigenvalue weighted by Crippen LogP contribution is 2.08. The summed E-state index contributed by atoms with van der Waals surface area (Å²) in [7, 11) is 8.20. The molecule has 5 heteroatoms. The lowest BCUT2D eigenvalue weighted by Gasteiger charge is -2.12. The van der Waals surface area contributed by atoms with Crippen LogP contribution in [0.4, 0.5) is 4.79 Å². The molecule has 0 atom stereocenters. The van der Waals surface area contributed by atoms with E-state index in [9.17, 15) is 4.79 Å². The van der Waals surface area contributed by atoms with E-state index in [0.29, 0.717) is 13.1 Å². The van der Waals surface area contributed by atoms with Crippen LogP contribution in [0, 0.1) is 0 Å². The second-order valence-corrected chi connectivity index (χ2v) is 7.15. The van der Waals surface area contributed by atoms with Crippen molar-refractivity contribution < 1.29 is 4.79 Å². The van der Waals surface area contributed by atoms with E-state index in [2.05, 4.69) is 70.9 Å². The molecular weight excluding hydrogens is 324 g/mol. The van der Waals surface area contributed by atoms with Crippen molar-refractivity contribution >= 4 is 6.03 Å². The summed E-state index contributed by atoms with van der Waals surface area (Å²) in [6, 6.07) is 16.5. The molecule has 0 aromatic heterocycles. The van der Waals surface area contributed by atoms with E-state index >= 15 is 0 Å². The van der Waals surface area contributed by atoms with Crippen LogP contribution in [0.15, 0.2) is 48.5 Å². The predicted molar refractivity (Wildman–Crippen MR) is 107 cm³/mol. The summed E-state index contributed by atoms with van der Waals surface area (Å²) in [5.41, 5.74) is 4.71. The Labute approximate surface area is 157 Å². The first-order valence-electron chi connectivity index (χ1n) is 8.89. The highest BCUT2D eigenvalue weighted by Gasteiger charge is 2.03. The Balaban J connectivity index is 1.77. The normalized spacial score (nSPS) is 11.0. The van der Waals surface area contributed by atoms with E-state index in [-0.39, 0.29) is 6.03 Å². The lowest BCUT2D eigenvalue weighted by atomic mass is 10.1. The maximum Gasteiger partial charge on any atom is 0.315 e. The molecule has 0 saturated heterocycles. The highest BCUT2D eigenvalue weighted by atomic mass is 16.2. The molecule has 0 radical (unpaired) electrons. The number of benzene rings is 2. The predicted octanol–water partition coefficient (Wildman–Crippen LogP) is 2.81. The summed E-state index contributed by atoms with van der Waals surface area (Å²) in [6.45, 7) is 2.86. The smallest absolute Gasteiger partial charge is 0.315 e. The molecule has 0 aliphatic heterocycles. The van der Waals surface area contributed by atoms with Gasteiger partial charge in [0.15, 0.2) is 0 Å². The molecule has 26 heavy (non-hydrogen) atoms. The minimum Gasteiger partial charge on any atom is -0.334 e. The summed E-state index contributed by atoms with van der Waals surface area (Å²) in [4.78, 5) is 16.3. The topological polar surface area (TPSA) is 47.6 Å². The second kappa shape index (κ2) is 9.94. The molecule has 2 N–H and O–H groups in total. The zero-order chi connectivity index (χ0) is 18.9. The number of rotatable bonds is 8. The first kappa shape index (κ1) is 19.9. The van der Waals surface area contributed by atoms with Gasteiger partial charge in [0.1, 0.15) is 0 Å². The Hall–Kier alpha value is -2.37. The SMILES string of the molecule is CN(C)Cc1ccc(CNC(=O)NCc2cccc(CN(C)C)c2)cc1. The number of carbonyl (C=O) groups excluding carboxylic acids is 1. The molecule has 2 amide bonds. The summed E-state index contributed by atoms with van der Waals surface area (Å²) in [6.07, 6.45) is 0. The fourth-order valence-electron chi connectivity index (χ4n) is 2.76. The van der Waals surface area contributed by atoms with Crippen LogP contribution >= 0.6 is 0 Å². The Morgan fingerprint density at radius 1 is 0.731 bits per heavy atom. The van der Waals surface area contributed by atoms with Gasteiger partial charge < -0.3 is 20.4 Å². The number of hydrogen-bond acceptors (Lipinski definition) is 3. The van der Waals surface area contributed by atoms with Crippen LogP contribution in [0.2, 0.25) is 0 Å². The van der Waals surface area contributed by atoms with Crippen molar-refractivity contribution in [3.05, 3.63) is 70.8 Å². The quantitative estimate of drug-likeness (QED) is 0.766. The molecule has 0 saturated carbocycles. The lowest BCUT2D eigenvalue weighted by Crippen LogP contribution is -2.34. The molecule has 0 heterocycles. The van der Waals surface area contributed by atoms with Gasteiger partial charge in [0.25, 0.3) is 0 Å². The number of nitrogens with one attached hydrogen (secondary N) is 2. The van der Waals surface area contributed by atoms with Gasteiger partial charge >= 0.3 is 6.03 Å². The standard InChI is InChI=1S/C21H30N4O/c1-24(2)15-18-10-8-17(9-11-18)13-22-21(26)23-14-19-6-5-7-20(12-19)16-25(3)4/h5-12H,13-16H2,1-4H3,(H2,22,23,26). The molecule has 0 aliphatic rings. The fourth-order valence-corrected chi connectivity index (χ4v) is 2.76. The Morgan fingerprint density at radius 2 is 1.23 bits per heavy atom. The Morgan fingerprint density at radius 3 is 1.85 bits per heavy atom. The van der Waals surface area contributed by atoms with Crippen molar-refractivity contribution in [3.8, 4) is 0 Å². The summed E-state index contributed by atoms with van der Waals surface area (Å²) in [5, 5.41) is 5.82. The van der Waals surface area contributed by atoms with E-state index in [0.717, 1.165) is 24.2 Å². The first-order chi connectivity index (χ1) is 12.4. The van der Waals surface area contributed by atoms with Gasteiger partial charge in [-0.3, -0.25) is 0 Å². The van der Waals surface area contributed by atoms with Crippen molar-refractivity contribution in [2.45, 2.75) is 26.2 Å². The number of amides is 2. The van der Waals surface area contributed by atoms with Gasteiger partial charge in [0, 0.05) is 26.2 Å². The van der Waals surface area contributed by atoms with Crippen molar-refractivity contribution in [1.82, 2.24) is 20.4 Å². The zero-order valence-corrected chi connectivity index (χ0v) is 16.2. The maximum absolute atomic E-state index is 12.0. The average Bonchev–Trinajstić information content (AvgIpc) is 2.58. The molecule has 0 unspecified atom stereocenters. The summed E-state index contributed by atoms with van der Waals surface area (Å²) < 4.78 is 0. The van der Waals surface area contributed by atoms with Crippen LogP contribution in [0.5, 0.6) is 0 Å². The van der Waals surface area contributed by atoms with Gasteiger partial charge in [0.05, 0.1) is 0 Å². The van der Waals surface area contributed by atoms with E-state index < -0.39 is 0 Å². The monoisotopic (exact) mass is 354 g/mol. The molecular formula is C21H30N4O. The number of carbonyl (C=O) groups is 1. The van der Waals surface area contributed by atoms with Gasteiger partial charge in [-0.25, -0.2) is 4.79 Å². The van der Waals surface area contributed by atoms with Crippen LogP contribution < -0.4 is 10.6 Å². The maximum atomic E-state index is 12.0. The largest absolute Gasteiger partial charge is 0.334 e. The number of hydrogen-bond donors (Lipinski definition) is 2. The molecule has 140 valence electrons. The second-order valence-electron chi connectivity index (χ2n) is 7.15. The third-order valence-corrected chi connectivity index (χ3v) is 3.92. The van der Waals surface area contributed by atoms with Gasteiger partial charge in [-0.2, -0.15) is 0 Å². The Bertz CT molecular complexity index is 695. The van der Waals surface area contributed by atoms with Crippen LogP contribution in [-0.2, 0) is 26.2 Å². The summed E-state index contributed by atoms with van der Waals surface area (Å²) >= 11 is 0. The minimum atomic E-state index is -0.152. The molecule has 2 aromatic carbocycles. The van der Waals surface area contributed by atoms with E-state index in [1.54, 1.807) is 0 Å². The minimum absolute atomic E-state index is 0.152. The van der Waals surface area contributed by atoms with E-state index in [1.807, 2.05) is 26.2 Å². The lowest BCUT2D eigenvalue weighted by molar-refractivity contribution is 0.240. The van der Waals surface area contributed by atoms with Crippen LogP contribution in [0.3, 0.4) is 0 Å². The number of nitrogens with zero attached hydrogens (tertiary/aromatic N) is 2. The molecule has 2 aromatic rings. The zero-order valence-electron chi connectivity index (χ0n) is 16.2. The van der Waals surface area contributed by atoms with Gasteiger partial charge in [-0.05, 0) is 50.4 Å². The third-order valence-electron chi connectivity index (χ3n) is 3.92. The van der Waals surface area contributed by atoms with Crippen molar-refractivity contribution in [2.24, 2.45) is 0 Å². The fraction of sp³-hybridized carbons (Fsp3) is 0.381. The highest BCUT2D eigenvalue weighted by molar-refractivity contribution is 5.73. The van der Waals surface area contributed by atoms with Crippen LogP contribution in [0.1, 0.15) is 22.3 Å². The van der Waals surface area contributed by atoms with Gasteiger partial charge in [0.2, 0.25) is 0 Å². The molecule has 0 bridgehead atoms. The van der Waals surface area contributed by atoms with Crippen LogP contribution in [-0.4, -0.2) is 44.0 Å². The van der Waals surface area contributed by atoms with Gasteiger partial charge in [-0.1, -0.05) is 48.5 Å². The molecule has 5 nitrogen and oxygen atoms in total. The molecule has 0 aliphatic carbocycles. The molecule has 2 rings (SSSR count). The number of urea groups is 1. The average molecular weight is 354 g/mol. The van der Waals surface area contributed by atoms with Gasteiger partial charge in [-0.15, -0.1) is 0 Å². The summed E-state index contributed by atoms with van der Waals surface area (Å²) in [5.74, 6) is 0. The molecule has 0 spiro atoms. The third kappa shape index (κ3) is 7.25. The van der Waals surface area contributed by atoms with Crippen LogP contribution in [0.25, 0.3) is 0 Å². The van der Waals surface area contributed by atoms with Crippen molar-refractivity contribution in [2.75, 3.05) is 28.2 Å². The van der Waals surface area contributed by atoms with E-state index in [4.69, 9.17) is 0 Å². The van der Waals surface area contributed by atoms with E-state index in [1.165, 1.54) is 11.1 Å². The Kier molecular flexibility index (Phi) is 7.63. The molecule has 0 fully saturated rings. The van der Waals surface area contributed by atoms with Crippen molar-refractivity contribution in [1.29, 1.82) is 0 Å².